The summed E-state index contributed by atoms with van der Waals surface area (Å²) in [5.41, 5.74) is 0. The van der Waals surface area contributed by atoms with Crippen LogP contribution in [0.2, 0.25) is 0 Å². The molecule has 11 heavy (non-hydrogen) atoms. The van der Waals surface area contributed by atoms with Crippen LogP contribution in [0, 0.1) is 0 Å². The standard InChI is InChI=1S/C7H13N2O2/c10-4-3-9-2-1-8-5-7(9)6-11/h7-8,10H,1-5H2. The van der Waals surface area contributed by atoms with Gasteiger partial charge in [0, 0.05) is 26.2 Å². The highest BCUT2D eigenvalue weighted by Gasteiger charge is 2.20. The Bertz CT molecular complexity index is 128. The number of hydrogen-bond acceptors (Lipinski definition) is 4. The third-order valence-electron chi connectivity index (χ3n) is 1.88. The number of piperazine rings is 1. The highest BCUT2D eigenvalue weighted by atomic mass is 16.3. The van der Waals surface area contributed by atoms with Crippen LogP contribution in [-0.4, -0.2) is 55.1 Å². The minimum Gasteiger partial charge on any atom is -0.395 e. The zero-order valence-corrected chi connectivity index (χ0v) is 6.42. The maximum Gasteiger partial charge on any atom is 0.218 e. The van der Waals surface area contributed by atoms with Crippen molar-refractivity contribution in [1.82, 2.24) is 10.2 Å². The third kappa shape index (κ3) is 2.25. The number of nitrogens with zero attached hydrogens (tertiary/aromatic N) is 1. The zero-order chi connectivity index (χ0) is 8.10. The summed E-state index contributed by atoms with van der Waals surface area (Å²) in [6.07, 6.45) is 1.94. The molecule has 0 aromatic heterocycles. The van der Waals surface area contributed by atoms with Gasteiger partial charge in [-0.1, -0.05) is 0 Å². The van der Waals surface area contributed by atoms with Gasteiger partial charge in [0.25, 0.3) is 0 Å². The number of carbonyl (C=O) groups excluding carboxylic acids is 1. The monoisotopic (exact) mass is 157 g/mol. The van der Waals surface area contributed by atoms with Crippen LogP contribution < -0.4 is 5.32 Å². The Balaban J connectivity index is 2.37. The fourth-order valence-electron chi connectivity index (χ4n) is 1.26. The number of aliphatic hydroxyl groups excluding tert-OH is 1. The van der Waals surface area contributed by atoms with Crippen molar-refractivity contribution in [3.05, 3.63) is 0 Å². The van der Waals surface area contributed by atoms with E-state index in [9.17, 15) is 4.79 Å². The van der Waals surface area contributed by atoms with Gasteiger partial charge in [0.1, 0.15) is 0 Å². The molecule has 1 aliphatic heterocycles. The van der Waals surface area contributed by atoms with Gasteiger partial charge >= 0.3 is 0 Å². The number of nitrogens with one attached hydrogen (secondary N) is 1. The molecule has 1 aliphatic rings. The van der Waals surface area contributed by atoms with Gasteiger partial charge < -0.3 is 10.4 Å². The quantitative estimate of drug-likeness (QED) is 0.516. The van der Waals surface area contributed by atoms with Crippen molar-refractivity contribution in [1.29, 1.82) is 0 Å². The van der Waals surface area contributed by atoms with Gasteiger partial charge in [-0.25, -0.2) is 0 Å². The second-order valence-corrected chi connectivity index (χ2v) is 2.60. The summed E-state index contributed by atoms with van der Waals surface area (Å²) >= 11 is 0. The summed E-state index contributed by atoms with van der Waals surface area (Å²) in [4.78, 5) is 12.3. The molecule has 1 saturated heterocycles. The average Bonchev–Trinajstić information content (AvgIpc) is 2.06. The summed E-state index contributed by atoms with van der Waals surface area (Å²) in [5.74, 6) is 0. The minimum atomic E-state index is -0.170. The van der Waals surface area contributed by atoms with Crippen LogP contribution in [-0.2, 0) is 4.79 Å². The lowest BCUT2D eigenvalue weighted by molar-refractivity contribution is 0.156. The lowest BCUT2D eigenvalue weighted by atomic mass is 10.2. The summed E-state index contributed by atoms with van der Waals surface area (Å²) in [5, 5.41) is 11.7. The molecular weight excluding hydrogens is 144 g/mol. The van der Waals surface area contributed by atoms with Gasteiger partial charge in [0.15, 0.2) is 0 Å². The first-order valence-electron chi connectivity index (χ1n) is 3.82. The van der Waals surface area contributed by atoms with Gasteiger partial charge in [0.2, 0.25) is 6.29 Å². The zero-order valence-electron chi connectivity index (χ0n) is 6.42. The molecule has 0 aromatic carbocycles. The van der Waals surface area contributed by atoms with Crippen molar-refractivity contribution in [2.75, 3.05) is 32.8 Å². The predicted octanol–water partition coefficient (Wildman–Crippen LogP) is -1.64. The highest BCUT2D eigenvalue weighted by Crippen LogP contribution is 1.98. The largest absolute Gasteiger partial charge is 0.395 e. The SMILES string of the molecule is O=[C]C1CNCCN1CCO. The van der Waals surface area contributed by atoms with Crippen molar-refractivity contribution in [2.24, 2.45) is 0 Å². The maximum atomic E-state index is 10.4. The average molecular weight is 157 g/mol. The van der Waals surface area contributed by atoms with Crippen LogP contribution in [0.15, 0.2) is 0 Å². The molecule has 4 heteroatoms. The first kappa shape index (κ1) is 8.64. The van der Waals surface area contributed by atoms with E-state index in [2.05, 4.69) is 5.32 Å². The predicted molar refractivity (Wildman–Crippen MR) is 41.0 cm³/mol. The van der Waals surface area contributed by atoms with Crippen LogP contribution in [0.25, 0.3) is 0 Å². The summed E-state index contributed by atoms with van der Waals surface area (Å²) in [6, 6.07) is -0.170. The first-order chi connectivity index (χ1) is 5.38. The van der Waals surface area contributed by atoms with E-state index >= 15 is 0 Å². The van der Waals surface area contributed by atoms with E-state index in [4.69, 9.17) is 5.11 Å². The lowest BCUT2D eigenvalue weighted by Crippen LogP contribution is -2.52. The molecule has 1 rings (SSSR count). The Morgan fingerprint density at radius 3 is 3.18 bits per heavy atom. The fraction of sp³-hybridized carbons (Fsp3) is 0.857. The number of aliphatic hydroxyl groups is 1. The number of rotatable bonds is 3. The minimum absolute atomic E-state index is 0.109. The summed E-state index contributed by atoms with van der Waals surface area (Å²) in [6.45, 7) is 3.04. The van der Waals surface area contributed by atoms with Crippen LogP contribution in [0.5, 0.6) is 0 Å². The highest BCUT2D eigenvalue weighted by molar-refractivity contribution is 5.59. The molecule has 63 valence electrons. The molecule has 0 saturated carbocycles. The molecule has 1 radical (unpaired) electrons. The van der Waals surface area contributed by atoms with Gasteiger partial charge in [-0.05, 0) is 0 Å². The summed E-state index contributed by atoms with van der Waals surface area (Å²) in [7, 11) is 0. The Labute approximate surface area is 66.2 Å². The van der Waals surface area contributed by atoms with Crippen molar-refractivity contribution < 1.29 is 9.90 Å². The van der Waals surface area contributed by atoms with E-state index in [1.54, 1.807) is 0 Å². The van der Waals surface area contributed by atoms with E-state index in [1.807, 2.05) is 11.2 Å². The second-order valence-electron chi connectivity index (χ2n) is 2.60. The van der Waals surface area contributed by atoms with Crippen molar-refractivity contribution >= 4 is 6.29 Å². The van der Waals surface area contributed by atoms with Gasteiger partial charge in [-0.2, -0.15) is 0 Å². The topological polar surface area (TPSA) is 52.6 Å². The number of hydrogen-bond donors (Lipinski definition) is 2. The number of β-amino-alcohol motifs (C(OH)–C–C–N with tert-alkyl or cyclic N) is 1. The lowest BCUT2D eigenvalue weighted by Gasteiger charge is -2.31. The first-order valence-corrected chi connectivity index (χ1v) is 3.82. The van der Waals surface area contributed by atoms with Crippen molar-refractivity contribution in [3.8, 4) is 0 Å². The maximum absolute atomic E-state index is 10.4. The smallest absolute Gasteiger partial charge is 0.218 e. The molecule has 0 aliphatic carbocycles. The molecule has 0 bridgehead atoms. The van der Waals surface area contributed by atoms with Crippen molar-refractivity contribution in [2.45, 2.75) is 6.04 Å². The summed E-state index contributed by atoms with van der Waals surface area (Å²) < 4.78 is 0. The van der Waals surface area contributed by atoms with E-state index < -0.39 is 0 Å². The molecule has 1 atom stereocenters. The van der Waals surface area contributed by atoms with Gasteiger partial charge in [-0.15, -0.1) is 0 Å². The van der Waals surface area contributed by atoms with Crippen LogP contribution in [0.3, 0.4) is 0 Å². The molecule has 0 aromatic rings. The fourth-order valence-corrected chi connectivity index (χ4v) is 1.26. The molecular formula is C7H13N2O2. The van der Waals surface area contributed by atoms with Gasteiger partial charge in [-0.3, -0.25) is 9.69 Å². The molecule has 0 amide bonds. The van der Waals surface area contributed by atoms with Gasteiger partial charge in [0.05, 0.1) is 12.6 Å². The molecule has 2 N–H and O–H groups in total. The molecule has 1 fully saturated rings. The molecule has 0 spiro atoms. The Hall–Kier alpha value is -0.450. The Morgan fingerprint density at radius 2 is 2.55 bits per heavy atom. The Morgan fingerprint density at radius 1 is 1.73 bits per heavy atom. The van der Waals surface area contributed by atoms with Crippen LogP contribution in [0.4, 0.5) is 0 Å². The van der Waals surface area contributed by atoms with E-state index in [1.165, 1.54) is 0 Å². The third-order valence-corrected chi connectivity index (χ3v) is 1.88. The molecule has 1 heterocycles. The van der Waals surface area contributed by atoms with Crippen LogP contribution in [0.1, 0.15) is 0 Å². The van der Waals surface area contributed by atoms with E-state index in [0.29, 0.717) is 13.1 Å². The Kier molecular flexibility index (Phi) is 3.48. The van der Waals surface area contributed by atoms with E-state index in [-0.39, 0.29) is 12.6 Å². The normalized spacial score (nSPS) is 26.8. The van der Waals surface area contributed by atoms with Crippen molar-refractivity contribution in [3.63, 3.8) is 0 Å². The second kappa shape index (κ2) is 4.43. The van der Waals surface area contributed by atoms with Crippen LogP contribution >= 0.6 is 0 Å². The molecule has 1 unspecified atom stereocenters. The molecule has 4 nitrogen and oxygen atoms in total. The van der Waals surface area contributed by atoms with E-state index in [0.717, 1.165) is 13.1 Å².